The molecule has 35 heavy (non-hydrogen) atoms. The lowest BCUT2D eigenvalue weighted by molar-refractivity contribution is -0.115. The van der Waals surface area contributed by atoms with Crippen LogP contribution in [0.2, 0.25) is 0 Å². The van der Waals surface area contributed by atoms with Crippen LogP contribution >= 0.6 is 11.3 Å². The molecule has 2 aliphatic carbocycles. The van der Waals surface area contributed by atoms with E-state index in [4.69, 9.17) is 4.98 Å². The van der Waals surface area contributed by atoms with E-state index in [0.29, 0.717) is 28.6 Å². The predicted molar refractivity (Wildman–Crippen MR) is 131 cm³/mol. The van der Waals surface area contributed by atoms with E-state index in [-0.39, 0.29) is 17.6 Å². The van der Waals surface area contributed by atoms with Crippen molar-refractivity contribution in [1.82, 2.24) is 30.5 Å². The van der Waals surface area contributed by atoms with Gasteiger partial charge in [-0.3, -0.25) is 14.9 Å². The van der Waals surface area contributed by atoms with Crippen LogP contribution in [0.3, 0.4) is 0 Å². The fourth-order valence-corrected chi connectivity index (χ4v) is 5.43. The Bertz CT molecular complexity index is 1360. The number of rotatable bonds is 7. The highest BCUT2D eigenvalue weighted by molar-refractivity contribution is 7.14. The van der Waals surface area contributed by atoms with Gasteiger partial charge in [0.1, 0.15) is 11.5 Å². The Morgan fingerprint density at radius 2 is 1.97 bits per heavy atom. The molecule has 4 heterocycles. The van der Waals surface area contributed by atoms with Gasteiger partial charge in [-0.05, 0) is 43.9 Å². The number of nitrogens with zero attached hydrogens (tertiary/aromatic N) is 3. The molecule has 180 valence electrons. The summed E-state index contributed by atoms with van der Waals surface area (Å²) in [4.78, 5) is 42.7. The Labute approximate surface area is 205 Å². The minimum Gasteiger partial charge on any atom is -0.367 e. The van der Waals surface area contributed by atoms with E-state index in [1.54, 1.807) is 16.8 Å². The van der Waals surface area contributed by atoms with Gasteiger partial charge in [0, 0.05) is 35.0 Å². The second kappa shape index (κ2) is 8.81. The van der Waals surface area contributed by atoms with Gasteiger partial charge >= 0.3 is 6.03 Å². The molecule has 10 nitrogen and oxygen atoms in total. The van der Waals surface area contributed by atoms with E-state index < -0.39 is 11.9 Å². The standard InChI is InChI=1S/C24H25N7O3S/c32-22-18(29-24(34)30-22)9-13-12-25-31-20(26-15-5-6-15)11-16(27-21(13)31)10-17-7-8-19(35-17)23(33)28-14-3-1-2-4-14/h7-9,11-12,14-15,26H,1-6,10H2,(H,28,33)(H2,29,30,32,34)/b18-9-. The first kappa shape index (κ1) is 21.8. The van der Waals surface area contributed by atoms with E-state index in [0.717, 1.165) is 42.1 Å². The largest absolute Gasteiger partial charge is 0.367 e. The van der Waals surface area contributed by atoms with Gasteiger partial charge in [-0.15, -0.1) is 11.3 Å². The SMILES string of the molecule is O=C1NC(=O)/C(=C/c2cnn3c(NC4CC4)cc(Cc4ccc(C(=O)NC5CCCC5)s4)nc23)N1. The Balaban J connectivity index is 1.28. The van der Waals surface area contributed by atoms with Gasteiger partial charge in [0.25, 0.3) is 11.8 Å². The highest BCUT2D eigenvalue weighted by atomic mass is 32.1. The molecule has 6 rings (SSSR count). The molecule has 3 aromatic heterocycles. The maximum absolute atomic E-state index is 12.6. The lowest BCUT2D eigenvalue weighted by atomic mass is 10.2. The topological polar surface area (TPSA) is 130 Å². The summed E-state index contributed by atoms with van der Waals surface area (Å²) >= 11 is 1.48. The van der Waals surface area contributed by atoms with Crippen molar-refractivity contribution >= 4 is 46.7 Å². The van der Waals surface area contributed by atoms with E-state index in [9.17, 15) is 14.4 Å². The molecule has 0 unspecified atom stereocenters. The minimum absolute atomic E-state index is 0.00533. The van der Waals surface area contributed by atoms with Crippen molar-refractivity contribution in [2.24, 2.45) is 0 Å². The van der Waals surface area contributed by atoms with Crippen molar-refractivity contribution in [3.05, 3.63) is 51.1 Å². The molecule has 4 amide bonds. The van der Waals surface area contributed by atoms with Crippen LogP contribution in [0.4, 0.5) is 10.6 Å². The van der Waals surface area contributed by atoms with Crippen LogP contribution in [0, 0.1) is 0 Å². The third-order valence-corrected chi connectivity index (χ3v) is 7.52. The van der Waals surface area contributed by atoms with Gasteiger partial charge < -0.3 is 16.0 Å². The van der Waals surface area contributed by atoms with E-state index >= 15 is 0 Å². The molecule has 3 fully saturated rings. The summed E-state index contributed by atoms with van der Waals surface area (Å²) in [5.41, 5.74) is 2.19. The van der Waals surface area contributed by atoms with Crippen LogP contribution in [-0.2, 0) is 11.2 Å². The third kappa shape index (κ3) is 4.63. The second-order valence-corrected chi connectivity index (χ2v) is 10.4. The third-order valence-electron chi connectivity index (χ3n) is 6.43. The molecular formula is C24H25N7O3S. The monoisotopic (exact) mass is 491 g/mol. The molecule has 2 saturated carbocycles. The Hall–Kier alpha value is -3.73. The van der Waals surface area contributed by atoms with Crippen LogP contribution in [-0.4, -0.2) is 44.5 Å². The van der Waals surface area contributed by atoms with Gasteiger partial charge in [0.05, 0.1) is 16.8 Å². The summed E-state index contributed by atoms with van der Waals surface area (Å²) in [6, 6.07) is 5.99. The maximum atomic E-state index is 12.6. The molecule has 0 radical (unpaired) electrons. The van der Waals surface area contributed by atoms with Gasteiger partial charge in [-0.1, -0.05) is 12.8 Å². The average molecular weight is 492 g/mol. The summed E-state index contributed by atoms with van der Waals surface area (Å²) in [5, 5.41) is 15.8. The van der Waals surface area contributed by atoms with Crippen LogP contribution in [0.25, 0.3) is 11.7 Å². The molecule has 3 aliphatic rings. The number of amides is 4. The van der Waals surface area contributed by atoms with Crippen LogP contribution in [0.1, 0.15) is 64.3 Å². The number of hydrogen-bond donors (Lipinski definition) is 4. The van der Waals surface area contributed by atoms with E-state index in [1.807, 2.05) is 18.2 Å². The first-order valence-electron chi connectivity index (χ1n) is 11.9. The fraction of sp³-hybridized carbons (Fsp3) is 0.375. The molecule has 11 heteroatoms. The number of carbonyl (C=O) groups excluding carboxylic acids is 3. The number of hydrogen-bond acceptors (Lipinski definition) is 7. The van der Waals surface area contributed by atoms with Crippen LogP contribution < -0.4 is 21.3 Å². The highest BCUT2D eigenvalue weighted by Crippen LogP contribution is 2.28. The maximum Gasteiger partial charge on any atom is 0.326 e. The van der Waals surface area contributed by atoms with E-state index in [2.05, 4.69) is 26.4 Å². The Kier molecular flexibility index (Phi) is 5.48. The summed E-state index contributed by atoms with van der Waals surface area (Å²) in [6.45, 7) is 0. The minimum atomic E-state index is -0.548. The first-order chi connectivity index (χ1) is 17.0. The first-order valence-corrected chi connectivity index (χ1v) is 12.7. The molecule has 4 N–H and O–H groups in total. The van der Waals surface area contributed by atoms with Crippen molar-refractivity contribution in [2.45, 2.75) is 57.0 Å². The van der Waals surface area contributed by atoms with Gasteiger partial charge in [0.2, 0.25) is 0 Å². The summed E-state index contributed by atoms with van der Waals surface area (Å²) in [6.07, 6.45) is 10.5. The summed E-state index contributed by atoms with van der Waals surface area (Å²) in [7, 11) is 0. The summed E-state index contributed by atoms with van der Waals surface area (Å²) in [5.74, 6) is 0.339. The lowest BCUT2D eigenvalue weighted by Crippen LogP contribution is -2.31. The molecular weight excluding hydrogens is 466 g/mol. The molecule has 0 spiro atoms. The predicted octanol–water partition coefficient (Wildman–Crippen LogP) is 2.81. The number of thiophene rings is 1. The molecule has 3 aromatic rings. The number of aromatic nitrogens is 3. The van der Waals surface area contributed by atoms with Crippen molar-refractivity contribution < 1.29 is 14.4 Å². The van der Waals surface area contributed by atoms with Crippen LogP contribution in [0.15, 0.2) is 30.1 Å². The Morgan fingerprint density at radius 3 is 2.71 bits per heavy atom. The number of fused-ring (bicyclic) bond motifs is 1. The van der Waals surface area contributed by atoms with Gasteiger partial charge in [-0.25, -0.2) is 9.78 Å². The molecule has 1 aliphatic heterocycles. The second-order valence-electron chi connectivity index (χ2n) is 9.25. The van der Waals surface area contributed by atoms with Crippen molar-refractivity contribution in [3.8, 4) is 0 Å². The average Bonchev–Trinajstić information content (AvgIpc) is 3.22. The molecule has 0 aromatic carbocycles. The number of nitrogens with one attached hydrogen (secondary N) is 4. The van der Waals surface area contributed by atoms with Crippen LogP contribution in [0.5, 0.6) is 0 Å². The quantitative estimate of drug-likeness (QED) is 0.297. The number of carbonyl (C=O) groups is 3. The summed E-state index contributed by atoms with van der Waals surface area (Å²) < 4.78 is 1.72. The Morgan fingerprint density at radius 1 is 1.14 bits per heavy atom. The smallest absolute Gasteiger partial charge is 0.326 e. The molecule has 0 atom stereocenters. The zero-order chi connectivity index (χ0) is 23.9. The van der Waals surface area contributed by atoms with Crippen molar-refractivity contribution in [1.29, 1.82) is 0 Å². The zero-order valence-electron chi connectivity index (χ0n) is 19.0. The van der Waals surface area contributed by atoms with Crippen molar-refractivity contribution in [3.63, 3.8) is 0 Å². The van der Waals surface area contributed by atoms with Gasteiger partial charge in [0.15, 0.2) is 5.65 Å². The van der Waals surface area contributed by atoms with Crippen molar-refractivity contribution in [2.75, 3.05) is 5.32 Å². The fourth-order valence-electron chi connectivity index (χ4n) is 4.50. The highest BCUT2D eigenvalue weighted by Gasteiger charge is 2.25. The lowest BCUT2D eigenvalue weighted by Gasteiger charge is -2.10. The number of imide groups is 1. The van der Waals surface area contributed by atoms with E-state index in [1.165, 1.54) is 24.2 Å². The number of anilines is 1. The molecule has 1 saturated heterocycles. The number of urea groups is 1. The van der Waals surface area contributed by atoms with Gasteiger partial charge in [-0.2, -0.15) is 9.61 Å². The normalized spacial score (nSPS) is 19.4. The zero-order valence-corrected chi connectivity index (χ0v) is 19.8. The molecule has 0 bridgehead atoms.